The highest BCUT2D eigenvalue weighted by molar-refractivity contribution is 5.89. The molecule has 0 amide bonds. The summed E-state index contributed by atoms with van der Waals surface area (Å²) in [7, 11) is 1.54. The van der Waals surface area contributed by atoms with E-state index in [0.717, 1.165) is 0 Å². The molecule has 0 bridgehead atoms. The van der Waals surface area contributed by atoms with Gasteiger partial charge in [-0.15, -0.1) is 0 Å². The summed E-state index contributed by atoms with van der Waals surface area (Å²) in [6, 6.07) is 8.01. The van der Waals surface area contributed by atoms with Crippen LogP contribution in [0.15, 0.2) is 41.3 Å². The smallest absolute Gasteiger partial charge is 0.351 e. The van der Waals surface area contributed by atoms with E-state index in [4.69, 9.17) is 24.7 Å². The summed E-state index contributed by atoms with van der Waals surface area (Å²) in [5.41, 5.74) is 5.29. The molecule has 2 N–H and O–H groups in total. The van der Waals surface area contributed by atoms with E-state index in [1.54, 1.807) is 31.4 Å². The molecule has 9 heteroatoms. The number of nitrogens with zero attached hydrogens (tertiary/aromatic N) is 2. The number of esters is 1. The van der Waals surface area contributed by atoms with E-state index in [9.17, 15) is 9.59 Å². The summed E-state index contributed by atoms with van der Waals surface area (Å²) in [6.45, 7) is 0.0365. The van der Waals surface area contributed by atoms with Crippen LogP contribution in [0, 0.1) is 0 Å². The molecule has 0 unspecified atom stereocenters. The third-order valence-electron chi connectivity index (χ3n) is 3.57. The van der Waals surface area contributed by atoms with E-state index in [2.05, 4.69) is 4.98 Å². The van der Waals surface area contributed by atoms with E-state index in [0.29, 0.717) is 11.3 Å². The van der Waals surface area contributed by atoms with Crippen LogP contribution >= 0.6 is 0 Å². The summed E-state index contributed by atoms with van der Waals surface area (Å²) < 4.78 is 22.4. The minimum Gasteiger partial charge on any atom is -0.497 e. The van der Waals surface area contributed by atoms with Gasteiger partial charge in [0.25, 0.3) is 0 Å². The van der Waals surface area contributed by atoms with Crippen molar-refractivity contribution in [2.75, 3.05) is 26.1 Å². The minimum absolute atomic E-state index is 0.0987. The van der Waals surface area contributed by atoms with Gasteiger partial charge in [-0.3, -0.25) is 4.57 Å². The first-order chi connectivity index (χ1) is 12.1. The number of methoxy groups -OCH3 is 1. The number of nitrogens with two attached hydrogens (primary N) is 1. The zero-order chi connectivity index (χ0) is 17.8. The van der Waals surface area contributed by atoms with Gasteiger partial charge in [0.05, 0.1) is 19.3 Å². The maximum atomic E-state index is 12.0. The van der Waals surface area contributed by atoms with Gasteiger partial charge in [0.1, 0.15) is 18.2 Å². The number of aromatic nitrogens is 2. The molecule has 1 fully saturated rings. The first-order valence-corrected chi connectivity index (χ1v) is 7.49. The fourth-order valence-electron chi connectivity index (χ4n) is 2.28. The Balaban J connectivity index is 1.54. The van der Waals surface area contributed by atoms with Crippen molar-refractivity contribution in [2.45, 2.75) is 12.5 Å². The monoisotopic (exact) mass is 347 g/mol. The Hall–Kier alpha value is -2.91. The summed E-state index contributed by atoms with van der Waals surface area (Å²) in [5.74, 6) is 0.263. The zero-order valence-corrected chi connectivity index (χ0v) is 13.5. The molecule has 1 saturated heterocycles. The topological polar surface area (TPSA) is 115 Å². The Morgan fingerprint density at radius 2 is 2.12 bits per heavy atom. The SMILES string of the molecule is COc1ccc(C(=O)OC[C@H]2OC[C@@H](n3ccc(N)nc3=O)O2)cc1. The highest BCUT2D eigenvalue weighted by Crippen LogP contribution is 2.20. The third-order valence-corrected chi connectivity index (χ3v) is 3.57. The molecule has 0 radical (unpaired) electrons. The second kappa shape index (κ2) is 7.32. The first-order valence-electron chi connectivity index (χ1n) is 7.49. The lowest BCUT2D eigenvalue weighted by atomic mass is 10.2. The Kier molecular flexibility index (Phi) is 4.96. The quantitative estimate of drug-likeness (QED) is 0.780. The van der Waals surface area contributed by atoms with E-state index in [1.165, 1.54) is 16.8 Å². The van der Waals surface area contributed by atoms with E-state index in [1.807, 2.05) is 0 Å². The number of hydrogen-bond donors (Lipinski definition) is 1. The lowest BCUT2D eigenvalue weighted by Crippen LogP contribution is -2.29. The number of hydrogen-bond acceptors (Lipinski definition) is 8. The minimum atomic E-state index is -0.767. The summed E-state index contributed by atoms with van der Waals surface area (Å²) in [6.07, 6.45) is 0.0618. The molecular weight excluding hydrogens is 330 g/mol. The van der Waals surface area contributed by atoms with Gasteiger partial charge in [0.15, 0.2) is 12.5 Å². The molecule has 9 nitrogen and oxygen atoms in total. The van der Waals surface area contributed by atoms with Crippen LogP contribution in [0.4, 0.5) is 5.82 Å². The van der Waals surface area contributed by atoms with Crippen LogP contribution in [0.1, 0.15) is 16.6 Å². The van der Waals surface area contributed by atoms with Crippen LogP contribution in [0.25, 0.3) is 0 Å². The zero-order valence-electron chi connectivity index (χ0n) is 13.5. The second-order valence-corrected chi connectivity index (χ2v) is 5.22. The van der Waals surface area contributed by atoms with Crippen molar-refractivity contribution in [1.29, 1.82) is 0 Å². The number of ether oxygens (including phenoxy) is 4. The van der Waals surface area contributed by atoms with Crippen molar-refractivity contribution in [3.05, 3.63) is 52.6 Å². The average Bonchev–Trinajstić information content (AvgIpc) is 3.08. The number of carbonyl (C=O) groups excluding carboxylic acids is 1. The van der Waals surface area contributed by atoms with Gasteiger partial charge in [-0.1, -0.05) is 0 Å². The number of anilines is 1. The van der Waals surface area contributed by atoms with Crippen LogP contribution in [-0.2, 0) is 14.2 Å². The predicted molar refractivity (Wildman–Crippen MR) is 86.0 cm³/mol. The summed E-state index contributed by atoms with van der Waals surface area (Å²) >= 11 is 0. The highest BCUT2D eigenvalue weighted by Gasteiger charge is 2.29. The summed E-state index contributed by atoms with van der Waals surface area (Å²) in [4.78, 5) is 27.4. The number of nitrogen functional groups attached to an aromatic ring is 1. The van der Waals surface area contributed by atoms with E-state index in [-0.39, 0.29) is 19.0 Å². The molecule has 2 atom stereocenters. The van der Waals surface area contributed by atoms with E-state index >= 15 is 0 Å². The third kappa shape index (κ3) is 3.95. The Bertz CT molecular complexity index is 804. The lowest BCUT2D eigenvalue weighted by molar-refractivity contribution is -0.103. The fourth-order valence-corrected chi connectivity index (χ4v) is 2.28. The van der Waals surface area contributed by atoms with Gasteiger partial charge in [-0.05, 0) is 30.3 Å². The molecule has 0 saturated carbocycles. The van der Waals surface area contributed by atoms with Gasteiger partial charge in [-0.25, -0.2) is 9.59 Å². The number of carbonyl (C=O) groups is 1. The van der Waals surface area contributed by atoms with Gasteiger partial charge in [0, 0.05) is 6.20 Å². The van der Waals surface area contributed by atoms with Crippen LogP contribution in [-0.4, -0.2) is 42.1 Å². The van der Waals surface area contributed by atoms with Crippen LogP contribution in [0.3, 0.4) is 0 Å². The van der Waals surface area contributed by atoms with Crippen molar-refractivity contribution >= 4 is 11.8 Å². The molecule has 2 aromatic rings. The average molecular weight is 347 g/mol. The second-order valence-electron chi connectivity index (χ2n) is 5.22. The van der Waals surface area contributed by atoms with Crippen LogP contribution < -0.4 is 16.2 Å². The van der Waals surface area contributed by atoms with Gasteiger partial charge in [0.2, 0.25) is 0 Å². The number of benzene rings is 1. The molecule has 132 valence electrons. The van der Waals surface area contributed by atoms with Crippen molar-refractivity contribution in [3.8, 4) is 5.75 Å². The van der Waals surface area contributed by atoms with Crippen LogP contribution in [0.2, 0.25) is 0 Å². The Labute approximate surface area is 142 Å². The Morgan fingerprint density at radius 3 is 2.80 bits per heavy atom. The predicted octanol–water partition coefficient (Wildman–Crippen LogP) is 0.563. The number of rotatable bonds is 5. The maximum Gasteiger partial charge on any atom is 0.351 e. The molecule has 0 spiro atoms. The van der Waals surface area contributed by atoms with Gasteiger partial charge >= 0.3 is 11.7 Å². The largest absolute Gasteiger partial charge is 0.497 e. The van der Waals surface area contributed by atoms with Crippen molar-refractivity contribution in [3.63, 3.8) is 0 Å². The molecule has 1 aliphatic heterocycles. The van der Waals surface area contributed by atoms with Crippen molar-refractivity contribution in [2.24, 2.45) is 0 Å². The standard InChI is InChI=1S/C16H17N3O6/c1-22-11-4-2-10(3-5-11)15(20)24-9-14-23-8-13(25-14)19-7-6-12(17)18-16(19)21/h2-7,13-14H,8-9H2,1H3,(H2,17,18,21)/t13-,14-/m0/s1. The molecule has 2 heterocycles. The molecule has 0 aliphatic carbocycles. The highest BCUT2D eigenvalue weighted by atomic mass is 16.7. The molecule has 25 heavy (non-hydrogen) atoms. The van der Waals surface area contributed by atoms with Crippen LogP contribution in [0.5, 0.6) is 5.75 Å². The molecule has 1 aliphatic rings. The maximum absolute atomic E-state index is 12.0. The summed E-state index contributed by atoms with van der Waals surface area (Å²) in [5, 5.41) is 0. The van der Waals surface area contributed by atoms with Gasteiger partial charge < -0.3 is 24.7 Å². The molecule has 1 aromatic carbocycles. The first kappa shape index (κ1) is 16.9. The van der Waals surface area contributed by atoms with E-state index < -0.39 is 24.2 Å². The molecule has 1 aromatic heterocycles. The van der Waals surface area contributed by atoms with Crippen molar-refractivity contribution in [1.82, 2.24) is 9.55 Å². The lowest BCUT2D eigenvalue weighted by Gasteiger charge is -2.13. The van der Waals surface area contributed by atoms with Gasteiger partial charge in [-0.2, -0.15) is 4.98 Å². The van der Waals surface area contributed by atoms with Crippen molar-refractivity contribution < 1.29 is 23.7 Å². The Morgan fingerprint density at radius 1 is 1.36 bits per heavy atom. The normalized spacial score (nSPS) is 19.6. The fraction of sp³-hybridized carbons (Fsp3) is 0.312. The molecular formula is C16H17N3O6. The molecule has 3 rings (SSSR count).